The van der Waals surface area contributed by atoms with Crippen LogP contribution in [0.15, 0.2) is 36.7 Å². The van der Waals surface area contributed by atoms with Gasteiger partial charge < -0.3 is 14.6 Å². The first-order chi connectivity index (χ1) is 18.7. The summed E-state index contributed by atoms with van der Waals surface area (Å²) in [7, 11) is 0. The van der Waals surface area contributed by atoms with Gasteiger partial charge in [-0.2, -0.15) is 5.10 Å². The number of hydrogen-bond acceptors (Lipinski definition) is 3. The normalized spacial score (nSPS) is 17.5. The molecule has 3 heterocycles. The van der Waals surface area contributed by atoms with Crippen LogP contribution in [0.25, 0.3) is 22.4 Å². The Balaban J connectivity index is 1.55. The zero-order chi connectivity index (χ0) is 27.6. The van der Waals surface area contributed by atoms with Crippen molar-refractivity contribution in [3.8, 4) is 22.4 Å². The van der Waals surface area contributed by atoms with E-state index in [1.54, 1.807) is 0 Å². The second-order valence-corrected chi connectivity index (χ2v) is 12.6. The molecule has 6 heteroatoms. The smallest absolute Gasteiger partial charge is 0.253 e. The molecule has 1 saturated heterocycles. The number of nitrogens with zero attached hydrogens (tertiary/aromatic N) is 3. The third-order valence-corrected chi connectivity index (χ3v) is 8.72. The van der Waals surface area contributed by atoms with Crippen LogP contribution in [0.2, 0.25) is 0 Å². The molecule has 1 aliphatic heterocycles. The third kappa shape index (κ3) is 6.16. The Bertz CT molecular complexity index is 1280. The Hall–Kier alpha value is -2.86. The van der Waals surface area contributed by atoms with E-state index < -0.39 is 0 Å². The number of hydrogen-bond donors (Lipinski definition) is 1. The van der Waals surface area contributed by atoms with Gasteiger partial charge in [0.1, 0.15) is 0 Å². The standard InChI is InChI=1S/C33H46N4O2/c1-6-36-22-26(20-34-36)28-13-12-25(18-30(28)33(3,4)5)31-19-29(32(38)35-27-14-16-39-17-15-27)23(2)37(31)21-24-10-8-7-9-11-24/h12-13,18-20,22,24,27H,6-11,14-17,21H2,1-5H3,(H,35,38). The number of amides is 1. The zero-order valence-corrected chi connectivity index (χ0v) is 24.6. The molecular weight excluding hydrogens is 484 g/mol. The van der Waals surface area contributed by atoms with Crippen LogP contribution in [0.4, 0.5) is 0 Å². The number of ether oxygens (including phenoxy) is 1. The van der Waals surface area contributed by atoms with Crippen molar-refractivity contribution in [3.05, 3.63) is 53.5 Å². The predicted molar refractivity (Wildman–Crippen MR) is 158 cm³/mol. The number of aryl methyl sites for hydroxylation is 1. The summed E-state index contributed by atoms with van der Waals surface area (Å²) in [5.41, 5.74) is 7.84. The fraction of sp³-hybridized carbons (Fsp3) is 0.576. The highest BCUT2D eigenvalue weighted by Gasteiger charge is 2.26. The van der Waals surface area contributed by atoms with E-state index in [-0.39, 0.29) is 17.4 Å². The fourth-order valence-electron chi connectivity index (χ4n) is 6.33. The summed E-state index contributed by atoms with van der Waals surface area (Å²) in [6.07, 6.45) is 12.4. The Morgan fingerprint density at radius 2 is 1.79 bits per heavy atom. The first-order valence-corrected chi connectivity index (χ1v) is 15.0. The lowest BCUT2D eigenvalue weighted by Gasteiger charge is -2.26. The molecule has 2 aromatic heterocycles. The highest BCUT2D eigenvalue weighted by atomic mass is 16.5. The third-order valence-electron chi connectivity index (χ3n) is 8.72. The van der Waals surface area contributed by atoms with Gasteiger partial charge in [-0.3, -0.25) is 9.48 Å². The summed E-state index contributed by atoms with van der Waals surface area (Å²) >= 11 is 0. The molecule has 5 rings (SSSR count). The van der Waals surface area contributed by atoms with Crippen molar-refractivity contribution in [1.29, 1.82) is 0 Å². The Morgan fingerprint density at radius 3 is 2.46 bits per heavy atom. The number of benzene rings is 1. The van der Waals surface area contributed by atoms with E-state index in [9.17, 15) is 4.79 Å². The Morgan fingerprint density at radius 1 is 1.05 bits per heavy atom. The maximum Gasteiger partial charge on any atom is 0.253 e. The van der Waals surface area contributed by atoms with E-state index in [0.29, 0.717) is 5.92 Å². The van der Waals surface area contributed by atoms with Gasteiger partial charge in [0, 0.05) is 55.5 Å². The lowest BCUT2D eigenvalue weighted by Crippen LogP contribution is -2.39. The van der Waals surface area contributed by atoms with Crippen molar-refractivity contribution in [2.24, 2.45) is 5.92 Å². The Labute approximate surface area is 234 Å². The average Bonchev–Trinajstić information content (AvgIpc) is 3.54. The van der Waals surface area contributed by atoms with Gasteiger partial charge in [-0.1, -0.05) is 52.2 Å². The number of nitrogens with one attached hydrogen (secondary N) is 1. The highest BCUT2D eigenvalue weighted by Crippen LogP contribution is 2.38. The lowest BCUT2D eigenvalue weighted by atomic mass is 9.81. The quantitative estimate of drug-likeness (QED) is 0.353. The molecule has 2 fully saturated rings. The van der Waals surface area contributed by atoms with Crippen molar-refractivity contribution < 1.29 is 9.53 Å². The van der Waals surface area contributed by atoms with Crippen molar-refractivity contribution >= 4 is 5.91 Å². The zero-order valence-electron chi connectivity index (χ0n) is 24.6. The number of rotatable bonds is 7. The fourth-order valence-corrected chi connectivity index (χ4v) is 6.33. The summed E-state index contributed by atoms with van der Waals surface area (Å²) in [4.78, 5) is 13.5. The number of aromatic nitrogens is 3. The summed E-state index contributed by atoms with van der Waals surface area (Å²) in [6, 6.07) is 9.17. The van der Waals surface area contributed by atoms with Crippen LogP contribution in [0.5, 0.6) is 0 Å². The monoisotopic (exact) mass is 530 g/mol. The molecule has 1 aromatic carbocycles. The molecule has 1 amide bonds. The van der Waals surface area contributed by atoms with Gasteiger partial charge in [0.25, 0.3) is 5.91 Å². The minimum absolute atomic E-state index is 0.0429. The van der Waals surface area contributed by atoms with Gasteiger partial charge in [0.15, 0.2) is 0 Å². The van der Waals surface area contributed by atoms with Crippen molar-refractivity contribution in [2.75, 3.05) is 13.2 Å². The first kappa shape index (κ1) is 27.7. The molecule has 0 spiro atoms. The van der Waals surface area contributed by atoms with Crippen LogP contribution in [-0.2, 0) is 23.2 Å². The van der Waals surface area contributed by atoms with Crippen molar-refractivity contribution in [3.63, 3.8) is 0 Å². The van der Waals surface area contributed by atoms with Crippen LogP contribution in [0.1, 0.15) is 94.3 Å². The predicted octanol–water partition coefficient (Wildman–Crippen LogP) is 7.13. The molecule has 39 heavy (non-hydrogen) atoms. The van der Waals surface area contributed by atoms with Gasteiger partial charge in [0.2, 0.25) is 0 Å². The SMILES string of the molecule is CCn1cc(-c2ccc(-c3cc(C(=O)NC4CCOCC4)c(C)n3CC3CCCCC3)cc2C(C)(C)C)cn1. The maximum atomic E-state index is 13.5. The van der Waals surface area contributed by atoms with E-state index in [1.807, 2.05) is 10.9 Å². The minimum Gasteiger partial charge on any atom is -0.381 e. The van der Waals surface area contributed by atoms with E-state index in [1.165, 1.54) is 48.8 Å². The summed E-state index contributed by atoms with van der Waals surface area (Å²) in [5, 5.41) is 7.84. The molecule has 1 saturated carbocycles. The molecular formula is C33H46N4O2. The second-order valence-electron chi connectivity index (χ2n) is 12.6. The van der Waals surface area contributed by atoms with Crippen LogP contribution >= 0.6 is 0 Å². The molecule has 1 aliphatic carbocycles. The molecule has 0 atom stereocenters. The van der Waals surface area contributed by atoms with E-state index >= 15 is 0 Å². The molecule has 0 unspecified atom stereocenters. The molecule has 1 N–H and O–H groups in total. The number of carbonyl (C=O) groups is 1. The van der Waals surface area contributed by atoms with Crippen LogP contribution < -0.4 is 5.32 Å². The van der Waals surface area contributed by atoms with E-state index in [4.69, 9.17) is 4.74 Å². The van der Waals surface area contributed by atoms with Gasteiger partial charge in [0.05, 0.1) is 11.8 Å². The summed E-state index contributed by atoms with van der Waals surface area (Å²) in [5.74, 6) is 0.707. The largest absolute Gasteiger partial charge is 0.381 e. The van der Waals surface area contributed by atoms with Crippen LogP contribution in [0, 0.1) is 12.8 Å². The average molecular weight is 531 g/mol. The summed E-state index contributed by atoms with van der Waals surface area (Å²) < 4.78 is 9.92. The van der Waals surface area contributed by atoms with E-state index in [0.717, 1.165) is 61.7 Å². The van der Waals surface area contributed by atoms with Gasteiger partial charge in [-0.25, -0.2) is 0 Å². The Kier molecular flexibility index (Phi) is 8.32. The lowest BCUT2D eigenvalue weighted by molar-refractivity contribution is 0.0696. The topological polar surface area (TPSA) is 61.1 Å². The molecule has 0 bridgehead atoms. The van der Waals surface area contributed by atoms with Gasteiger partial charge in [-0.05, 0) is 79.7 Å². The van der Waals surface area contributed by atoms with Gasteiger partial charge >= 0.3 is 0 Å². The molecule has 0 radical (unpaired) electrons. The number of carbonyl (C=O) groups excluding carboxylic acids is 1. The van der Waals surface area contributed by atoms with E-state index in [2.05, 4.69) is 80.1 Å². The first-order valence-electron chi connectivity index (χ1n) is 15.0. The van der Waals surface area contributed by atoms with Gasteiger partial charge in [-0.15, -0.1) is 0 Å². The van der Waals surface area contributed by atoms with Crippen molar-refractivity contribution in [2.45, 2.75) is 104 Å². The maximum absolute atomic E-state index is 13.5. The summed E-state index contributed by atoms with van der Waals surface area (Å²) in [6.45, 7) is 14.3. The molecule has 2 aliphatic rings. The highest BCUT2D eigenvalue weighted by molar-refractivity contribution is 5.97. The van der Waals surface area contributed by atoms with Crippen LogP contribution in [-0.4, -0.2) is 39.5 Å². The minimum atomic E-state index is -0.0429. The molecule has 6 nitrogen and oxygen atoms in total. The second kappa shape index (κ2) is 11.7. The van der Waals surface area contributed by atoms with Crippen molar-refractivity contribution in [1.82, 2.24) is 19.7 Å². The molecule has 3 aromatic rings. The van der Waals surface area contributed by atoms with Crippen LogP contribution in [0.3, 0.4) is 0 Å². The molecule has 210 valence electrons.